The lowest BCUT2D eigenvalue weighted by atomic mass is 9.84. The van der Waals surface area contributed by atoms with Gasteiger partial charge in [-0.05, 0) is 37.3 Å². The number of nitrogens with one attached hydrogen (secondary N) is 1. The van der Waals surface area contributed by atoms with Crippen molar-refractivity contribution in [1.29, 1.82) is 0 Å². The first-order valence-electron chi connectivity index (χ1n) is 10.5. The number of fused-ring (bicyclic) bond motifs is 1. The Kier molecular flexibility index (Phi) is 6.11. The average molecular weight is 416 g/mol. The number of aromatic nitrogens is 2. The van der Waals surface area contributed by atoms with Crippen molar-refractivity contribution >= 4 is 11.8 Å². The number of hydrogen-bond donors (Lipinski definition) is 1. The number of carbonyl (C=O) groups excluding carboxylic acids is 2. The summed E-state index contributed by atoms with van der Waals surface area (Å²) in [5.74, 6) is 0.227. The van der Waals surface area contributed by atoms with Gasteiger partial charge in [-0.3, -0.25) is 14.2 Å². The van der Waals surface area contributed by atoms with Crippen LogP contribution in [-0.4, -0.2) is 44.9 Å². The molecule has 2 heterocycles. The zero-order valence-corrected chi connectivity index (χ0v) is 16.7. The third-order valence-corrected chi connectivity index (χ3v) is 6.25. The van der Waals surface area contributed by atoms with Gasteiger partial charge in [-0.1, -0.05) is 31.0 Å². The molecule has 1 aliphatic carbocycles. The average Bonchev–Trinajstić information content (AvgIpc) is 3.38. The molecule has 3 atom stereocenters. The number of rotatable bonds is 6. The Labute approximate surface area is 174 Å². The standard InChI is InChI=1S/C22H26F2N4O2/c23-22(24)27-13-12-25-19(27)10-11-26-20(29)18-14-16-8-4-5-9-17(16)28(18)21(30)15-6-2-1-3-7-15/h1-3,6-7,12-13,16-18,22H,4-5,8-11,14H2,(H,26,29). The lowest BCUT2D eigenvalue weighted by Crippen LogP contribution is -2.49. The number of carbonyl (C=O) groups is 2. The van der Waals surface area contributed by atoms with Crippen molar-refractivity contribution in [1.82, 2.24) is 19.8 Å². The highest BCUT2D eigenvalue weighted by Crippen LogP contribution is 2.40. The quantitative estimate of drug-likeness (QED) is 0.785. The van der Waals surface area contributed by atoms with Crippen molar-refractivity contribution in [2.75, 3.05) is 6.54 Å². The van der Waals surface area contributed by atoms with E-state index >= 15 is 0 Å². The van der Waals surface area contributed by atoms with Crippen molar-refractivity contribution < 1.29 is 18.4 Å². The summed E-state index contributed by atoms with van der Waals surface area (Å²) >= 11 is 0. The predicted octanol–water partition coefficient (Wildman–Crippen LogP) is 3.41. The fraction of sp³-hybridized carbons (Fsp3) is 0.500. The topological polar surface area (TPSA) is 67.2 Å². The molecule has 8 heteroatoms. The number of amides is 2. The number of nitrogens with zero attached hydrogens (tertiary/aromatic N) is 3. The molecular formula is C22H26F2N4O2. The van der Waals surface area contributed by atoms with Gasteiger partial charge in [0.05, 0.1) is 0 Å². The van der Waals surface area contributed by atoms with E-state index in [0.29, 0.717) is 17.9 Å². The second kappa shape index (κ2) is 8.93. The van der Waals surface area contributed by atoms with E-state index in [4.69, 9.17) is 0 Å². The van der Waals surface area contributed by atoms with E-state index in [0.717, 1.165) is 30.3 Å². The molecular weight excluding hydrogens is 390 g/mol. The second-order valence-electron chi connectivity index (χ2n) is 8.01. The molecule has 2 aromatic rings. The molecule has 6 nitrogen and oxygen atoms in total. The number of imidazole rings is 1. The summed E-state index contributed by atoms with van der Waals surface area (Å²) in [5.41, 5.74) is 0.584. The van der Waals surface area contributed by atoms with Gasteiger partial charge in [0.1, 0.15) is 11.9 Å². The molecule has 2 fully saturated rings. The summed E-state index contributed by atoms with van der Waals surface area (Å²) < 4.78 is 26.7. The van der Waals surface area contributed by atoms with Crippen LogP contribution >= 0.6 is 0 Å². The maximum absolute atomic E-state index is 13.2. The number of likely N-dealkylation sites (tertiary alicyclic amines) is 1. The van der Waals surface area contributed by atoms with Gasteiger partial charge in [-0.25, -0.2) is 4.98 Å². The van der Waals surface area contributed by atoms with Gasteiger partial charge in [-0.15, -0.1) is 0 Å². The molecule has 0 bridgehead atoms. The number of alkyl halides is 2. The minimum absolute atomic E-state index is 0.0833. The molecule has 1 aliphatic heterocycles. The molecule has 4 rings (SSSR count). The molecule has 2 aliphatic rings. The van der Waals surface area contributed by atoms with Crippen molar-refractivity contribution in [2.24, 2.45) is 5.92 Å². The van der Waals surface area contributed by atoms with Gasteiger partial charge in [0.2, 0.25) is 5.91 Å². The Morgan fingerprint density at radius 2 is 1.93 bits per heavy atom. The largest absolute Gasteiger partial charge is 0.354 e. The smallest absolute Gasteiger partial charge is 0.319 e. The van der Waals surface area contributed by atoms with Crippen molar-refractivity contribution in [3.05, 3.63) is 54.1 Å². The molecule has 3 unspecified atom stereocenters. The van der Waals surface area contributed by atoms with E-state index in [9.17, 15) is 18.4 Å². The van der Waals surface area contributed by atoms with E-state index < -0.39 is 12.6 Å². The van der Waals surface area contributed by atoms with Crippen LogP contribution in [0.15, 0.2) is 42.7 Å². The first kappa shape index (κ1) is 20.5. The first-order valence-corrected chi connectivity index (χ1v) is 10.5. The molecule has 2 amide bonds. The highest BCUT2D eigenvalue weighted by atomic mass is 19.3. The van der Waals surface area contributed by atoms with Crippen LogP contribution in [0.25, 0.3) is 0 Å². The fourth-order valence-corrected chi connectivity index (χ4v) is 4.85. The SMILES string of the molecule is O=C(NCCc1nccn1C(F)F)C1CC2CCCCC2N1C(=O)c1ccccc1. The van der Waals surface area contributed by atoms with Gasteiger partial charge >= 0.3 is 6.55 Å². The van der Waals surface area contributed by atoms with E-state index in [1.54, 1.807) is 17.0 Å². The van der Waals surface area contributed by atoms with Crippen molar-refractivity contribution in [3.8, 4) is 0 Å². The summed E-state index contributed by atoms with van der Waals surface area (Å²) in [6.45, 7) is -2.46. The third-order valence-electron chi connectivity index (χ3n) is 6.25. The van der Waals surface area contributed by atoms with E-state index in [-0.39, 0.29) is 36.6 Å². The van der Waals surface area contributed by atoms with Crippen LogP contribution in [0, 0.1) is 5.92 Å². The van der Waals surface area contributed by atoms with E-state index in [2.05, 4.69) is 10.3 Å². The highest BCUT2D eigenvalue weighted by Gasteiger charge is 2.47. The maximum Gasteiger partial charge on any atom is 0.319 e. The maximum atomic E-state index is 13.2. The Bertz CT molecular complexity index is 886. The number of benzene rings is 1. The molecule has 30 heavy (non-hydrogen) atoms. The normalized spacial score (nSPS) is 23.4. The first-order chi connectivity index (χ1) is 14.6. The monoisotopic (exact) mass is 416 g/mol. The minimum Gasteiger partial charge on any atom is -0.354 e. The van der Waals surface area contributed by atoms with Gasteiger partial charge in [0.25, 0.3) is 5.91 Å². The van der Waals surface area contributed by atoms with E-state index in [1.165, 1.54) is 12.4 Å². The summed E-state index contributed by atoms with van der Waals surface area (Å²) in [7, 11) is 0. The fourth-order valence-electron chi connectivity index (χ4n) is 4.85. The Morgan fingerprint density at radius 3 is 2.70 bits per heavy atom. The molecule has 0 radical (unpaired) electrons. The molecule has 1 aromatic carbocycles. The van der Waals surface area contributed by atoms with Crippen LogP contribution in [0.2, 0.25) is 0 Å². The highest BCUT2D eigenvalue weighted by molar-refractivity contribution is 5.98. The van der Waals surface area contributed by atoms with Crippen LogP contribution in [0.1, 0.15) is 54.8 Å². The van der Waals surface area contributed by atoms with Crippen molar-refractivity contribution in [2.45, 2.75) is 57.2 Å². The zero-order chi connectivity index (χ0) is 21.1. The molecule has 1 saturated heterocycles. The molecule has 0 spiro atoms. The Balaban J connectivity index is 1.45. The lowest BCUT2D eigenvalue weighted by molar-refractivity contribution is -0.125. The second-order valence-corrected chi connectivity index (χ2v) is 8.01. The number of hydrogen-bond acceptors (Lipinski definition) is 3. The zero-order valence-electron chi connectivity index (χ0n) is 16.7. The molecule has 1 aromatic heterocycles. The van der Waals surface area contributed by atoms with Crippen LogP contribution in [-0.2, 0) is 11.2 Å². The number of halogens is 2. The summed E-state index contributed by atoms with van der Waals surface area (Å²) in [6.07, 6.45) is 7.53. The molecule has 160 valence electrons. The van der Waals surface area contributed by atoms with Crippen LogP contribution in [0.5, 0.6) is 0 Å². The summed E-state index contributed by atoms with van der Waals surface area (Å²) in [5, 5.41) is 2.84. The summed E-state index contributed by atoms with van der Waals surface area (Å²) in [6, 6.07) is 8.61. The van der Waals surface area contributed by atoms with Crippen LogP contribution < -0.4 is 5.32 Å². The predicted molar refractivity (Wildman–Crippen MR) is 107 cm³/mol. The Morgan fingerprint density at radius 1 is 1.17 bits per heavy atom. The van der Waals surface area contributed by atoms with Crippen molar-refractivity contribution in [3.63, 3.8) is 0 Å². The van der Waals surface area contributed by atoms with Crippen LogP contribution in [0.4, 0.5) is 8.78 Å². The van der Waals surface area contributed by atoms with Crippen LogP contribution in [0.3, 0.4) is 0 Å². The minimum atomic E-state index is -2.66. The third kappa shape index (κ3) is 4.08. The lowest BCUT2D eigenvalue weighted by Gasteiger charge is -2.33. The van der Waals surface area contributed by atoms with Gasteiger partial charge in [-0.2, -0.15) is 8.78 Å². The Hall–Kier alpha value is -2.77. The van der Waals surface area contributed by atoms with Gasteiger partial charge in [0.15, 0.2) is 0 Å². The van der Waals surface area contributed by atoms with Gasteiger partial charge in [0, 0.05) is 37.0 Å². The summed E-state index contributed by atoms with van der Waals surface area (Å²) in [4.78, 5) is 32.0. The van der Waals surface area contributed by atoms with Gasteiger partial charge < -0.3 is 10.2 Å². The molecule has 1 N–H and O–H groups in total. The van der Waals surface area contributed by atoms with E-state index in [1.807, 2.05) is 18.2 Å². The molecule has 1 saturated carbocycles.